The second-order valence-corrected chi connectivity index (χ2v) is 5.43. The van der Waals surface area contributed by atoms with Gasteiger partial charge in [0.05, 0.1) is 26.4 Å². The molecular formula is C15H8N6O8. The molecule has 14 heteroatoms. The maximum atomic E-state index is 12.3. The number of carbonyl (C=O) groups is 1. The first kappa shape index (κ1) is 19.0. The highest BCUT2D eigenvalue weighted by atomic mass is 16.6. The van der Waals surface area contributed by atoms with E-state index in [0.717, 1.165) is 12.1 Å². The van der Waals surface area contributed by atoms with Gasteiger partial charge in [-0.2, -0.15) is 0 Å². The summed E-state index contributed by atoms with van der Waals surface area (Å²) in [6.45, 7) is 0. The molecule has 1 amide bonds. The lowest BCUT2D eigenvalue weighted by Crippen LogP contribution is -2.13. The number of non-ortho nitro benzene ring substituents is 3. The maximum absolute atomic E-state index is 12.3. The van der Waals surface area contributed by atoms with Gasteiger partial charge >= 0.3 is 6.01 Å². The van der Waals surface area contributed by atoms with Crippen LogP contribution >= 0.6 is 0 Å². The molecule has 2 aromatic carbocycles. The Morgan fingerprint density at radius 2 is 1.48 bits per heavy atom. The van der Waals surface area contributed by atoms with Crippen LogP contribution in [-0.4, -0.2) is 30.9 Å². The van der Waals surface area contributed by atoms with Crippen LogP contribution in [0, 0.1) is 30.3 Å². The number of aromatic nitrogens is 2. The van der Waals surface area contributed by atoms with E-state index < -0.39 is 38.1 Å². The molecule has 3 aromatic rings. The van der Waals surface area contributed by atoms with Gasteiger partial charge in [0.1, 0.15) is 0 Å². The van der Waals surface area contributed by atoms with E-state index in [0.29, 0.717) is 6.07 Å². The highest BCUT2D eigenvalue weighted by Gasteiger charge is 2.21. The number of nitro groups is 3. The van der Waals surface area contributed by atoms with Gasteiger partial charge in [0.15, 0.2) is 0 Å². The number of hydrogen-bond donors (Lipinski definition) is 1. The zero-order chi connectivity index (χ0) is 21.1. The summed E-state index contributed by atoms with van der Waals surface area (Å²) in [4.78, 5) is 42.6. The topological polar surface area (TPSA) is 197 Å². The Balaban J connectivity index is 1.86. The summed E-state index contributed by atoms with van der Waals surface area (Å²) in [5.74, 6) is -1.10. The van der Waals surface area contributed by atoms with Crippen molar-refractivity contribution in [1.82, 2.24) is 10.2 Å². The van der Waals surface area contributed by atoms with Crippen LogP contribution in [0.5, 0.6) is 0 Å². The zero-order valence-electron chi connectivity index (χ0n) is 14.0. The second kappa shape index (κ2) is 7.47. The number of nitrogens with one attached hydrogen (secondary N) is 1. The minimum Gasteiger partial charge on any atom is -0.403 e. The summed E-state index contributed by atoms with van der Waals surface area (Å²) in [6, 6.07) is 7.31. The van der Waals surface area contributed by atoms with Gasteiger partial charge in [-0.25, -0.2) is 0 Å². The third-order valence-electron chi connectivity index (χ3n) is 3.54. The lowest BCUT2D eigenvalue weighted by atomic mass is 10.1. The van der Waals surface area contributed by atoms with Gasteiger partial charge in [0, 0.05) is 29.8 Å². The van der Waals surface area contributed by atoms with Gasteiger partial charge in [0.2, 0.25) is 5.89 Å². The van der Waals surface area contributed by atoms with E-state index in [-0.39, 0.29) is 22.7 Å². The smallest absolute Gasteiger partial charge is 0.322 e. The molecule has 0 spiro atoms. The molecule has 146 valence electrons. The number of amides is 1. The first-order valence-corrected chi connectivity index (χ1v) is 7.58. The van der Waals surface area contributed by atoms with Crippen LogP contribution in [0.4, 0.5) is 23.1 Å². The van der Waals surface area contributed by atoms with Crippen molar-refractivity contribution in [3.63, 3.8) is 0 Å². The molecule has 0 aliphatic heterocycles. The third-order valence-corrected chi connectivity index (χ3v) is 3.54. The Hall–Kier alpha value is -4.75. The molecular weight excluding hydrogens is 392 g/mol. The minimum absolute atomic E-state index is 0.131. The lowest BCUT2D eigenvalue weighted by Gasteiger charge is -2.01. The van der Waals surface area contributed by atoms with E-state index in [9.17, 15) is 35.1 Å². The standard InChI is InChI=1S/C15H8N6O8/c22-13(9-5-11(20(25)26)7-12(6-9)21(27)28)16-15-18-17-14(29-15)8-2-1-3-10(4-8)19(23)24/h1-7H,(H,16,18,22). The average Bonchev–Trinajstić information content (AvgIpc) is 3.16. The van der Waals surface area contributed by atoms with Gasteiger partial charge in [-0.05, 0) is 6.07 Å². The normalized spacial score (nSPS) is 10.3. The summed E-state index contributed by atoms with van der Waals surface area (Å²) in [7, 11) is 0. The minimum atomic E-state index is -0.967. The molecule has 0 atom stereocenters. The van der Waals surface area contributed by atoms with Crippen LogP contribution < -0.4 is 5.32 Å². The van der Waals surface area contributed by atoms with Crippen LogP contribution in [0.15, 0.2) is 46.9 Å². The number of rotatable bonds is 6. The lowest BCUT2D eigenvalue weighted by molar-refractivity contribution is -0.394. The number of anilines is 1. The molecule has 14 nitrogen and oxygen atoms in total. The molecule has 0 fully saturated rings. The number of nitrogens with zero attached hydrogens (tertiary/aromatic N) is 5. The molecule has 3 rings (SSSR count). The molecule has 0 saturated carbocycles. The summed E-state index contributed by atoms with van der Waals surface area (Å²) in [5.41, 5.74) is -1.66. The van der Waals surface area contributed by atoms with E-state index in [1.807, 2.05) is 0 Å². The fraction of sp³-hybridized carbons (Fsp3) is 0. The molecule has 1 heterocycles. The van der Waals surface area contributed by atoms with Gasteiger partial charge in [-0.3, -0.25) is 40.5 Å². The largest absolute Gasteiger partial charge is 0.403 e. The van der Waals surface area contributed by atoms with Crippen LogP contribution in [0.3, 0.4) is 0 Å². The van der Waals surface area contributed by atoms with E-state index >= 15 is 0 Å². The Kier molecular flexibility index (Phi) is 4.90. The van der Waals surface area contributed by atoms with Gasteiger partial charge in [-0.1, -0.05) is 11.2 Å². The van der Waals surface area contributed by atoms with Crippen molar-refractivity contribution < 1.29 is 24.0 Å². The highest BCUT2D eigenvalue weighted by Crippen LogP contribution is 2.25. The zero-order valence-corrected chi connectivity index (χ0v) is 14.0. The predicted octanol–water partition coefficient (Wildman–Crippen LogP) is 2.71. The van der Waals surface area contributed by atoms with Gasteiger partial charge in [-0.15, -0.1) is 5.10 Å². The molecule has 0 aliphatic rings. The fourth-order valence-corrected chi connectivity index (χ4v) is 2.25. The maximum Gasteiger partial charge on any atom is 0.322 e. The van der Waals surface area contributed by atoms with Crippen molar-refractivity contribution in [1.29, 1.82) is 0 Å². The fourth-order valence-electron chi connectivity index (χ4n) is 2.25. The average molecular weight is 400 g/mol. The van der Waals surface area contributed by atoms with Crippen molar-refractivity contribution in [3.05, 3.63) is 78.4 Å². The van der Waals surface area contributed by atoms with E-state index in [1.54, 1.807) is 0 Å². The Bertz CT molecular complexity index is 1120. The quantitative estimate of drug-likeness (QED) is 0.474. The van der Waals surface area contributed by atoms with Crippen LogP contribution in [0.2, 0.25) is 0 Å². The van der Waals surface area contributed by atoms with Gasteiger partial charge < -0.3 is 4.42 Å². The number of nitro benzene ring substituents is 3. The number of carbonyl (C=O) groups excluding carboxylic acids is 1. The van der Waals surface area contributed by atoms with Crippen molar-refractivity contribution >= 4 is 29.0 Å². The van der Waals surface area contributed by atoms with Gasteiger partial charge in [0.25, 0.3) is 23.0 Å². The summed E-state index contributed by atoms with van der Waals surface area (Å²) in [6.07, 6.45) is 0. The van der Waals surface area contributed by atoms with E-state index in [1.165, 1.54) is 24.3 Å². The van der Waals surface area contributed by atoms with E-state index in [4.69, 9.17) is 4.42 Å². The number of hydrogen-bond acceptors (Lipinski definition) is 10. The van der Waals surface area contributed by atoms with Crippen molar-refractivity contribution in [3.8, 4) is 11.5 Å². The first-order valence-electron chi connectivity index (χ1n) is 7.58. The Morgan fingerprint density at radius 1 is 0.862 bits per heavy atom. The SMILES string of the molecule is O=C(Nc1nnc(-c2cccc([N+](=O)[O-])c2)o1)c1cc([N+](=O)[O-])cc([N+](=O)[O-])c1. The van der Waals surface area contributed by atoms with Crippen molar-refractivity contribution in [2.24, 2.45) is 0 Å². The Morgan fingerprint density at radius 3 is 2.07 bits per heavy atom. The highest BCUT2D eigenvalue weighted by molar-refractivity contribution is 6.04. The van der Waals surface area contributed by atoms with Crippen molar-refractivity contribution in [2.45, 2.75) is 0 Å². The Labute approximate surface area is 159 Å². The van der Waals surface area contributed by atoms with Crippen LogP contribution in [0.25, 0.3) is 11.5 Å². The molecule has 1 aromatic heterocycles. The third kappa shape index (κ3) is 4.16. The van der Waals surface area contributed by atoms with E-state index in [2.05, 4.69) is 15.5 Å². The van der Waals surface area contributed by atoms with Crippen LogP contribution in [-0.2, 0) is 0 Å². The predicted molar refractivity (Wildman–Crippen MR) is 94.1 cm³/mol. The molecule has 0 bridgehead atoms. The molecule has 0 radical (unpaired) electrons. The second-order valence-electron chi connectivity index (χ2n) is 5.43. The molecule has 29 heavy (non-hydrogen) atoms. The monoisotopic (exact) mass is 400 g/mol. The molecule has 1 N–H and O–H groups in total. The summed E-state index contributed by atoms with van der Waals surface area (Å²) in [5, 5.41) is 42.0. The molecule has 0 unspecified atom stereocenters. The molecule has 0 aliphatic carbocycles. The summed E-state index contributed by atoms with van der Waals surface area (Å²) < 4.78 is 5.21. The molecule has 0 saturated heterocycles. The number of benzene rings is 2. The first-order chi connectivity index (χ1) is 13.7. The van der Waals surface area contributed by atoms with Crippen molar-refractivity contribution in [2.75, 3.05) is 5.32 Å². The summed E-state index contributed by atoms with van der Waals surface area (Å²) >= 11 is 0. The van der Waals surface area contributed by atoms with Crippen LogP contribution in [0.1, 0.15) is 10.4 Å².